The fraction of sp³-hybridized carbons (Fsp3) is 0.0606. The van der Waals surface area contributed by atoms with Crippen molar-refractivity contribution in [1.82, 2.24) is 9.97 Å². The molecular formula is C33H26N2O8. The van der Waals surface area contributed by atoms with Gasteiger partial charge in [0, 0.05) is 29.6 Å². The van der Waals surface area contributed by atoms with E-state index in [1.807, 2.05) is 0 Å². The molecule has 0 aliphatic heterocycles. The Morgan fingerprint density at radius 3 is 1.58 bits per heavy atom. The van der Waals surface area contributed by atoms with Crippen LogP contribution >= 0.6 is 0 Å². The van der Waals surface area contributed by atoms with Gasteiger partial charge in [-0.1, -0.05) is 24.3 Å². The van der Waals surface area contributed by atoms with Gasteiger partial charge in [-0.3, -0.25) is 14.8 Å². The summed E-state index contributed by atoms with van der Waals surface area (Å²) in [5.74, 6) is -2.24. The molecule has 0 aliphatic rings. The van der Waals surface area contributed by atoms with E-state index in [1.54, 1.807) is 42.5 Å². The number of ketones is 1. The van der Waals surface area contributed by atoms with Crippen LogP contribution in [0.2, 0.25) is 0 Å². The summed E-state index contributed by atoms with van der Waals surface area (Å²) in [5.41, 5.74) is 2.79. The molecule has 0 atom stereocenters. The number of hydrogen-bond donors (Lipinski definition) is 3. The third-order valence-electron chi connectivity index (χ3n) is 6.21. The second-order valence-electron chi connectivity index (χ2n) is 8.97. The van der Waals surface area contributed by atoms with Crippen LogP contribution in [0.1, 0.15) is 31.8 Å². The van der Waals surface area contributed by atoms with Gasteiger partial charge in [-0.25, -0.2) is 9.59 Å². The Balaban J connectivity index is 1.49. The van der Waals surface area contributed by atoms with Gasteiger partial charge in [-0.2, -0.15) is 0 Å². The zero-order valence-electron chi connectivity index (χ0n) is 23.1. The lowest BCUT2D eigenvalue weighted by molar-refractivity contribution is -0.110. The van der Waals surface area contributed by atoms with Gasteiger partial charge in [0.15, 0.2) is 5.78 Å². The van der Waals surface area contributed by atoms with E-state index in [2.05, 4.69) is 9.97 Å². The van der Waals surface area contributed by atoms with E-state index in [0.29, 0.717) is 33.8 Å². The lowest BCUT2D eigenvalue weighted by Crippen LogP contribution is -2.02. The topological polar surface area (TPSA) is 156 Å². The molecule has 3 N–H and O–H groups in total. The quantitative estimate of drug-likeness (QED) is 0.110. The number of carbonyl (C=O) groups is 3. The smallest absolute Gasteiger partial charge is 0.337 e. The Labute approximate surface area is 246 Å². The molecule has 10 heteroatoms. The van der Waals surface area contributed by atoms with Crippen molar-refractivity contribution in [2.24, 2.45) is 0 Å². The monoisotopic (exact) mass is 578 g/mol. The molecule has 2 heterocycles. The van der Waals surface area contributed by atoms with Gasteiger partial charge >= 0.3 is 11.9 Å². The molecule has 0 saturated heterocycles. The van der Waals surface area contributed by atoms with Crippen LogP contribution in [-0.2, 0) is 4.79 Å². The molecule has 0 unspecified atom stereocenters. The highest BCUT2D eigenvalue weighted by Crippen LogP contribution is 2.33. The zero-order valence-corrected chi connectivity index (χ0v) is 23.1. The van der Waals surface area contributed by atoms with Gasteiger partial charge in [0.2, 0.25) is 0 Å². The molecule has 10 nitrogen and oxygen atoms in total. The van der Waals surface area contributed by atoms with Gasteiger partial charge < -0.3 is 24.8 Å². The second-order valence-corrected chi connectivity index (χ2v) is 8.97. The first-order chi connectivity index (χ1) is 20.7. The van der Waals surface area contributed by atoms with Crippen molar-refractivity contribution in [2.45, 2.75) is 0 Å². The van der Waals surface area contributed by atoms with Gasteiger partial charge in [-0.15, -0.1) is 0 Å². The van der Waals surface area contributed by atoms with Crippen molar-refractivity contribution in [3.05, 3.63) is 119 Å². The van der Waals surface area contributed by atoms with Crippen LogP contribution in [0.15, 0.2) is 97.0 Å². The van der Waals surface area contributed by atoms with E-state index in [4.69, 9.17) is 9.47 Å². The first kappa shape index (κ1) is 29.9. The third kappa shape index (κ3) is 7.19. The fourth-order valence-electron chi connectivity index (χ4n) is 4.20. The number of methoxy groups -OCH3 is 2. The highest BCUT2D eigenvalue weighted by Gasteiger charge is 2.17. The number of nitrogens with zero attached hydrogens (tertiary/aromatic N) is 2. The molecule has 0 saturated carbocycles. The Bertz CT molecular complexity index is 1790. The number of aromatic carboxylic acids is 2. The van der Waals surface area contributed by atoms with Crippen molar-refractivity contribution < 1.29 is 39.2 Å². The summed E-state index contributed by atoms with van der Waals surface area (Å²) in [6.45, 7) is 0. The number of benzene rings is 2. The minimum absolute atomic E-state index is 0.0304. The van der Waals surface area contributed by atoms with Gasteiger partial charge in [0.1, 0.15) is 17.3 Å². The molecule has 43 heavy (non-hydrogen) atoms. The Hall–Kier alpha value is -6.03. The Morgan fingerprint density at radius 1 is 0.674 bits per heavy atom. The molecule has 2 aromatic heterocycles. The van der Waals surface area contributed by atoms with E-state index in [9.17, 15) is 29.7 Å². The first-order valence-electron chi connectivity index (χ1n) is 12.8. The minimum atomic E-state index is -1.12. The van der Waals surface area contributed by atoms with Gasteiger partial charge in [-0.05, 0) is 71.8 Å². The summed E-state index contributed by atoms with van der Waals surface area (Å²) in [7, 11) is 2.90. The predicted octanol–water partition coefficient (Wildman–Crippen LogP) is 5.96. The highest BCUT2D eigenvalue weighted by molar-refractivity contribution is 6.02. The number of hydrogen-bond acceptors (Lipinski definition) is 8. The van der Waals surface area contributed by atoms with E-state index in [-0.39, 0.29) is 28.3 Å². The number of carbonyl (C=O) groups excluding carboxylic acids is 1. The maximum absolute atomic E-state index is 12.5. The molecule has 0 radical (unpaired) electrons. The normalized spacial score (nSPS) is 11.5. The SMILES string of the molecule is COc1cc(C=CC(=O)C=C(O)C=Cc2ccc(-c3ncccc3C(=O)O)c(OC)c2)ccc1-c1ncccc1C(=O)O. The number of aromatic nitrogens is 2. The van der Waals surface area contributed by atoms with E-state index >= 15 is 0 Å². The van der Waals surface area contributed by atoms with Crippen LogP contribution < -0.4 is 9.47 Å². The average molecular weight is 579 g/mol. The summed E-state index contributed by atoms with van der Waals surface area (Å²) in [6, 6.07) is 16.0. The van der Waals surface area contributed by atoms with Crippen LogP contribution in [0.5, 0.6) is 11.5 Å². The van der Waals surface area contributed by atoms with Crippen molar-refractivity contribution in [3.8, 4) is 34.0 Å². The number of pyridine rings is 2. The average Bonchev–Trinajstić information content (AvgIpc) is 3.02. The maximum Gasteiger partial charge on any atom is 0.337 e. The molecular weight excluding hydrogens is 552 g/mol. The molecule has 216 valence electrons. The molecule has 0 spiro atoms. The maximum atomic E-state index is 12.5. The summed E-state index contributed by atoms with van der Waals surface area (Å²) < 4.78 is 10.9. The lowest BCUT2D eigenvalue weighted by atomic mass is 10.0. The van der Waals surface area contributed by atoms with Crippen molar-refractivity contribution in [1.29, 1.82) is 0 Å². The highest BCUT2D eigenvalue weighted by atomic mass is 16.5. The van der Waals surface area contributed by atoms with Crippen molar-refractivity contribution in [3.63, 3.8) is 0 Å². The molecule has 2 aromatic carbocycles. The van der Waals surface area contributed by atoms with E-state index in [0.717, 1.165) is 6.08 Å². The van der Waals surface area contributed by atoms with Gasteiger partial charge in [0.05, 0.1) is 36.7 Å². The van der Waals surface area contributed by atoms with Crippen LogP contribution in [0, 0.1) is 0 Å². The standard InChI is InChI=1S/C33H26N2O8/c1-42-28-17-20(9-13-24(28)30-26(32(38)39)5-3-15-34-30)7-11-22(36)19-23(37)12-8-21-10-14-25(29(18-21)43-2)31-27(33(40)41)6-4-16-35-31/h3-19,36H,1-2H3,(H,38,39)(H,40,41). The lowest BCUT2D eigenvalue weighted by Gasteiger charge is -2.11. The van der Waals surface area contributed by atoms with Gasteiger partial charge in [0.25, 0.3) is 0 Å². The Kier molecular flexibility index (Phi) is 9.44. The summed E-state index contributed by atoms with van der Waals surface area (Å²) in [6.07, 6.45) is 9.74. The molecule has 4 rings (SSSR count). The number of allylic oxidation sites excluding steroid dienone is 3. The molecule has 0 bridgehead atoms. The molecule has 4 aromatic rings. The first-order valence-corrected chi connectivity index (χ1v) is 12.8. The van der Waals surface area contributed by atoms with Crippen LogP contribution in [-0.4, -0.2) is 57.2 Å². The van der Waals surface area contributed by atoms with Crippen molar-refractivity contribution in [2.75, 3.05) is 14.2 Å². The van der Waals surface area contributed by atoms with Crippen LogP contribution in [0.4, 0.5) is 0 Å². The largest absolute Gasteiger partial charge is 0.508 e. The Morgan fingerprint density at radius 2 is 1.14 bits per heavy atom. The fourth-order valence-corrected chi connectivity index (χ4v) is 4.20. The molecule has 0 amide bonds. The number of aliphatic hydroxyl groups is 1. The molecule has 0 fully saturated rings. The predicted molar refractivity (Wildman–Crippen MR) is 160 cm³/mol. The number of aliphatic hydroxyl groups excluding tert-OH is 1. The minimum Gasteiger partial charge on any atom is -0.508 e. The number of carboxylic acids is 2. The van der Waals surface area contributed by atoms with E-state index < -0.39 is 17.7 Å². The van der Waals surface area contributed by atoms with Crippen molar-refractivity contribution >= 4 is 29.9 Å². The van der Waals surface area contributed by atoms with Crippen LogP contribution in [0.3, 0.4) is 0 Å². The number of carboxylic acid groups (broad SMARTS) is 2. The summed E-state index contributed by atoms with van der Waals surface area (Å²) in [5, 5.41) is 29.3. The number of rotatable bonds is 11. The second kappa shape index (κ2) is 13.6. The van der Waals surface area contributed by atoms with Crippen LogP contribution in [0.25, 0.3) is 34.7 Å². The van der Waals surface area contributed by atoms with E-state index in [1.165, 1.54) is 69.1 Å². The third-order valence-corrected chi connectivity index (χ3v) is 6.21. The summed E-state index contributed by atoms with van der Waals surface area (Å²) in [4.78, 5) is 44.0. The number of ether oxygens (including phenoxy) is 2. The molecule has 0 aliphatic carbocycles. The summed E-state index contributed by atoms with van der Waals surface area (Å²) >= 11 is 0. The zero-order chi connectivity index (χ0) is 30.9.